The molecular formula is C21H29NO5. The molecule has 4 aliphatic rings. The van der Waals surface area contributed by atoms with Crippen molar-refractivity contribution in [2.45, 2.75) is 63.9 Å². The lowest BCUT2D eigenvalue weighted by Crippen LogP contribution is -2.63. The number of aliphatic hydroxyl groups excluding tert-OH is 2. The smallest absolute Gasteiger partial charge is 0.207 e. The standard InChI is InChI=1S/C21H29NO5/c1-19-7-5-12(23)9-11(19)3-4-13-14-6-8-21(27,17(25)18(22)26)20(14,2)10-15(24)16(13)19/h5,7,9,13-16,18,24,26-27H,3-4,6,8,10,22H2,1-2H3/t13-,14-,15?,16+,18?,19-,20-,21-/m0/s1. The number of rotatable bonds is 2. The highest BCUT2D eigenvalue weighted by atomic mass is 16.3. The minimum absolute atomic E-state index is 0.00571. The van der Waals surface area contributed by atoms with Crippen molar-refractivity contribution in [2.75, 3.05) is 0 Å². The van der Waals surface area contributed by atoms with Gasteiger partial charge < -0.3 is 15.3 Å². The number of carbonyl (C=O) groups excluding carboxylic acids is 2. The Kier molecular flexibility index (Phi) is 4.10. The van der Waals surface area contributed by atoms with Gasteiger partial charge in [-0.3, -0.25) is 15.3 Å². The van der Waals surface area contributed by atoms with E-state index in [1.807, 2.05) is 13.0 Å². The van der Waals surface area contributed by atoms with Gasteiger partial charge in [0.2, 0.25) is 5.78 Å². The maximum Gasteiger partial charge on any atom is 0.207 e. The van der Waals surface area contributed by atoms with Crippen LogP contribution < -0.4 is 5.73 Å². The van der Waals surface area contributed by atoms with Gasteiger partial charge >= 0.3 is 0 Å². The topological polar surface area (TPSA) is 121 Å². The van der Waals surface area contributed by atoms with Gasteiger partial charge in [0.15, 0.2) is 12.0 Å². The molecule has 0 spiro atoms. The van der Waals surface area contributed by atoms with E-state index in [1.165, 1.54) is 0 Å². The van der Waals surface area contributed by atoms with Gasteiger partial charge in [-0.25, -0.2) is 0 Å². The van der Waals surface area contributed by atoms with E-state index in [0.717, 1.165) is 18.4 Å². The number of carbonyl (C=O) groups is 2. The molecule has 0 amide bonds. The minimum atomic E-state index is -1.72. The zero-order valence-electron chi connectivity index (χ0n) is 15.9. The van der Waals surface area contributed by atoms with E-state index >= 15 is 0 Å². The molecule has 0 heterocycles. The third kappa shape index (κ3) is 2.33. The van der Waals surface area contributed by atoms with Gasteiger partial charge in [0.05, 0.1) is 6.10 Å². The van der Waals surface area contributed by atoms with Crippen LogP contribution in [0.15, 0.2) is 23.8 Å². The maximum atomic E-state index is 12.6. The van der Waals surface area contributed by atoms with Crippen molar-refractivity contribution < 1.29 is 24.9 Å². The van der Waals surface area contributed by atoms with Crippen LogP contribution in [-0.4, -0.2) is 44.8 Å². The molecule has 4 aliphatic carbocycles. The zero-order valence-corrected chi connectivity index (χ0v) is 15.9. The van der Waals surface area contributed by atoms with Gasteiger partial charge in [-0.15, -0.1) is 0 Å². The van der Waals surface area contributed by atoms with Crippen LogP contribution in [0.1, 0.15) is 46.0 Å². The summed E-state index contributed by atoms with van der Waals surface area (Å²) in [7, 11) is 0. The van der Waals surface area contributed by atoms with Crippen LogP contribution in [0.2, 0.25) is 0 Å². The fraction of sp³-hybridized carbons (Fsp3) is 0.714. The Morgan fingerprint density at radius 3 is 2.70 bits per heavy atom. The molecule has 5 N–H and O–H groups in total. The Balaban J connectivity index is 1.74. The second-order valence-corrected chi connectivity index (χ2v) is 9.42. The van der Waals surface area contributed by atoms with Crippen LogP contribution in [0.25, 0.3) is 0 Å². The van der Waals surface area contributed by atoms with Crippen molar-refractivity contribution in [1.82, 2.24) is 0 Å². The molecule has 4 rings (SSSR count). The van der Waals surface area contributed by atoms with Crippen LogP contribution in [-0.2, 0) is 9.59 Å². The number of Topliss-reactive ketones (excluding diaryl/α,β-unsaturated/α-hetero) is 1. The van der Waals surface area contributed by atoms with Gasteiger partial charge in [0, 0.05) is 16.7 Å². The van der Waals surface area contributed by atoms with Gasteiger partial charge in [-0.2, -0.15) is 0 Å². The van der Waals surface area contributed by atoms with Gasteiger partial charge in [0.25, 0.3) is 0 Å². The van der Waals surface area contributed by atoms with Gasteiger partial charge in [-0.1, -0.05) is 25.5 Å². The van der Waals surface area contributed by atoms with E-state index in [2.05, 4.69) is 6.92 Å². The molecule has 0 saturated heterocycles. The highest BCUT2D eigenvalue weighted by molar-refractivity contribution is 6.01. The predicted octanol–water partition coefficient (Wildman–Crippen LogP) is 0.842. The molecule has 2 unspecified atom stereocenters. The number of aliphatic hydroxyl groups is 3. The summed E-state index contributed by atoms with van der Waals surface area (Å²) in [5.74, 6) is -0.614. The molecule has 3 fully saturated rings. The van der Waals surface area contributed by atoms with Gasteiger partial charge in [-0.05, 0) is 56.1 Å². The lowest BCUT2D eigenvalue weighted by Gasteiger charge is -2.59. The van der Waals surface area contributed by atoms with E-state index in [-0.39, 0.29) is 41.8 Å². The van der Waals surface area contributed by atoms with Crippen molar-refractivity contribution in [3.63, 3.8) is 0 Å². The number of ketones is 2. The van der Waals surface area contributed by atoms with Crippen molar-refractivity contribution in [2.24, 2.45) is 34.3 Å². The summed E-state index contributed by atoms with van der Waals surface area (Å²) >= 11 is 0. The van der Waals surface area contributed by atoms with Crippen LogP contribution in [0.3, 0.4) is 0 Å². The molecule has 6 nitrogen and oxygen atoms in total. The molecule has 0 bridgehead atoms. The summed E-state index contributed by atoms with van der Waals surface area (Å²) in [6.45, 7) is 3.94. The summed E-state index contributed by atoms with van der Waals surface area (Å²) in [4.78, 5) is 24.4. The molecule has 27 heavy (non-hydrogen) atoms. The summed E-state index contributed by atoms with van der Waals surface area (Å²) in [5.41, 5.74) is 3.56. The lowest BCUT2D eigenvalue weighted by atomic mass is 9.46. The third-order valence-electron chi connectivity index (χ3n) is 8.32. The minimum Gasteiger partial charge on any atom is -0.393 e. The summed E-state index contributed by atoms with van der Waals surface area (Å²) < 4.78 is 0. The van der Waals surface area contributed by atoms with Crippen LogP contribution in [0, 0.1) is 28.6 Å². The molecule has 0 radical (unpaired) electrons. The monoisotopic (exact) mass is 375 g/mol. The molecule has 0 aromatic carbocycles. The Labute approximate surface area is 159 Å². The molecule has 6 heteroatoms. The highest BCUT2D eigenvalue weighted by Gasteiger charge is 2.68. The summed E-state index contributed by atoms with van der Waals surface area (Å²) in [6.07, 6.45) is 5.59. The molecule has 8 atom stereocenters. The number of hydrogen-bond donors (Lipinski definition) is 4. The van der Waals surface area contributed by atoms with E-state index < -0.39 is 29.1 Å². The van der Waals surface area contributed by atoms with Crippen molar-refractivity contribution in [1.29, 1.82) is 0 Å². The second-order valence-electron chi connectivity index (χ2n) is 9.42. The fourth-order valence-corrected chi connectivity index (χ4v) is 6.98. The van der Waals surface area contributed by atoms with Crippen LogP contribution >= 0.6 is 0 Å². The van der Waals surface area contributed by atoms with Crippen LogP contribution in [0.5, 0.6) is 0 Å². The number of hydrogen-bond acceptors (Lipinski definition) is 6. The molecule has 148 valence electrons. The first-order valence-electron chi connectivity index (χ1n) is 9.87. The van der Waals surface area contributed by atoms with Gasteiger partial charge in [0.1, 0.15) is 5.60 Å². The number of allylic oxidation sites excluding steroid dienone is 4. The largest absolute Gasteiger partial charge is 0.393 e. The fourth-order valence-electron chi connectivity index (χ4n) is 6.98. The first-order valence-corrected chi connectivity index (χ1v) is 9.87. The van der Waals surface area contributed by atoms with E-state index in [1.54, 1.807) is 12.2 Å². The average Bonchev–Trinajstić information content (AvgIpc) is 2.86. The first-order chi connectivity index (χ1) is 12.5. The zero-order chi connectivity index (χ0) is 19.8. The first kappa shape index (κ1) is 19.0. The SMILES string of the molecule is C[C@]12C=CC(=O)C=C1CC[C@@H]1[C@@H]2C(O)C[C@@]2(C)[C@H]1CC[C@]2(O)C(=O)C(N)O. The average molecular weight is 375 g/mol. The predicted molar refractivity (Wildman–Crippen MR) is 98.2 cm³/mol. The molecule has 0 aliphatic heterocycles. The Hall–Kier alpha value is -1.34. The second kappa shape index (κ2) is 5.83. The van der Waals surface area contributed by atoms with Crippen LogP contribution in [0.4, 0.5) is 0 Å². The highest BCUT2D eigenvalue weighted by Crippen LogP contribution is 2.67. The number of nitrogens with two attached hydrogens (primary N) is 1. The normalized spacial score (nSPS) is 49.7. The summed E-state index contributed by atoms with van der Waals surface area (Å²) in [6, 6.07) is 0. The quantitative estimate of drug-likeness (QED) is 0.531. The Morgan fingerprint density at radius 1 is 1.33 bits per heavy atom. The maximum absolute atomic E-state index is 12.6. The third-order valence-corrected chi connectivity index (χ3v) is 8.32. The molecular weight excluding hydrogens is 346 g/mol. The number of fused-ring (bicyclic) bond motifs is 5. The van der Waals surface area contributed by atoms with Crippen molar-refractivity contribution in [3.05, 3.63) is 23.8 Å². The molecule has 0 aromatic rings. The van der Waals surface area contributed by atoms with Crippen molar-refractivity contribution in [3.8, 4) is 0 Å². The van der Waals surface area contributed by atoms with Crippen molar-refractivity contribution >= 4 is 11.6 Å². The summed E-state index contributed by atoms with van der Waals surface area (Å²) in [5, 5.41) is 32.1. The van der Waals surface area contributed by atoms with E-state index in [9.17, 15) is 24.9 Å². The molecule has 0 aromatic heterocycles. The van der Waals surface area contributed by atoms with E-state index in [0.29, 0.717) is 6.42 Å². The van der Waals surface area contributed by atoms with E-state index in [4.69, 9.17) is 5.73 Å². The molecule has 3 saturated carbocycles. The Bertz CT molecular complexity index is 758. The Morgan fingerprint density at radius 2 is 2.04 bits per heavy atom. The lowest BCUT2D eigenvalue weighted by molar-refractivity contribution is -0.182.